The summed E-state index contributed by atoms with van der Waals surface area (Å²) in [6.45, 7) is 2.62. The fraction of sp³-hybridized carbons (Fsp3) is 0.471. The van der Waals surface area contributed by atoms with E-state index in [0.717, 1.165) is 5.56 Å². The second-order valence-electron chi connectivity index (χ2n) is 5.48. The van der Waals surface area contributed by atoms with Gasteiger partial charge in [-0.2, -0.15) is 0 Å². The summed E-state index contributed by atoms with van der Waals surface area (Å²) in [5, 5.41) is 5.16. The van der Waals surface area contributed by atoms with Crippen molar-refractivity contribution in [2.45, 2.75) is 32.4 Å². The van der Waals surface area contributed by atoms with Gasteiger partial charge in [0.15, 0.2) is 0 Å². The number of esters is 1. The van der Waals surface area contributed by atoms with E-state index >= 15 is 0 Å². The van der Waals surface area contributed by atoms with Crippen LogP contribution in [0, 0.1) is 5.92 Å². The van der Waals surface area contributed by atoms with Crippen molar-refractivity contribution in [3.8, 4) is 0 Å². The third-order valence-electron chi connectivity index (χ3n) is 3.75. The van der Waals surface area contributed by atoms with Crippen LogP contribution in [0.1, 0.15) is 25.3 Å². The van der Waals surface area contributed by atoms with Gasteiger partial charge < -0.3 is 20.1 Å². The number of hydrogen-bond acceptors (Lipinski definition) is 5. The monoisotopic (exact) mass is 334 g/mol. The Kier molecular flexibility index (Phi) is 6.60. The number of alkyl carbamates (subject to hydrolysis) is 1. The number of carbonyl (C=O) groups is 3. The molecule has 0 bridgehead atoms. The highest BCUT2D eigenvalue weighted by molar-refractivity contribution is 5.97. The zero-order chi connectivity index (χ0) is 17.4. The average Bonchev–Trinajstić information content (AvgIpc) is 2.58. The van der Waals surface area contributed by atoms with E-state index in [9.17, 15) is 14.4 Å². The van der Waals surface area contributed by atoms with Crippen molar-refractivity contribution in [2.75, 3.05) is 13.2 Å². The first kappa shape index (κ1) is 17.8. The van der Waals surface area contributed by atoms with Crippen LogP contribution >= 0.6 is 0 Å². The van der Waals surface area contributed by atoms with Gasteiger partial charge in [0.1, 0.15) is 12.6 Å². The van der Waals surface area contributed by atoms with Crippen LogP contribution in [0.4, 0.5) is 4.79 Å². The molecule has 1 aromatic carbocycles. The van der Waals surface area contributed by atoms with E-state index in [1.807, 2.05) is 30.3 Å². The minimum atomic E-state index is -0.608. The molecule has 0 aliphatic carbocycles. The molecule has 2 atom stereocenters. The third kappa shape index (κ3) is 4.97. The number of nitrogens with one attached hydrogen (secondary N) is 2. The molecule has 24 heavy (non-hydrogen) atoms. The van der Waals surface area contributed by atoms with Crippen molar-refractivity contribution >= 4 is 18.0 Å². The predicted molar refractivity (Wildman–Crippen MR) is 85.9 cm³/mol. The molecule has 1 aromatic rings. The molecule has 0 spiro atoms. The molecule has 1 aliphatic heterocycles. The summed E-state index contributed by atoms with van der Waals surface area (Å²) in [4.78, 5) is 34.8. The van der Waals surface area contributed by atoms with Gasteiger partial charge in [-0.3, -0.25) is 4.79 Å². The summed E-state index contributed by atoms with van der Waals surface area (Å²) in [5.41, 5.74) is 0.895. The van der Waals surface area contributed by atoms with Gasteiger partial charge in [-0.05, 0) is 25.3 Å². The van der Waals surface area contributed by atoms with E-state index in [1.54, 1.807) is 6.92 Å². The van der Waals surface area contributed by atoms with Crippen LogP contribution in [0.5, 0.6) is 0 Å². The first-order valence-electron chi connectivity index (χ1n) is 8.03. The summed E-state index contributed by atoms with van der Waals surface area (Å²) in [6.07, 6.45) is 0.609. The maximum absolute atomic E-state index is 12.1. The third-order valence-corrected chi connectivity index (χ3v) is 3.75. The van der Waals surface area contributed by atoms with Crippen molar-refractivity contribution in [1.82, 2.24) is 10.6 Å². The van der Waals surface area contributed by atoms with Crippen LogP contribution in [0.25, 0.3) is 0 Å². The molecule has 7 heteroatoms. The Balaban J connectivity index is 1.70. The highest BCUT2D eigenvalue weighted by Gasteiger charge is 2.44. The molecule has 0 aromatic heterocycles. The zero-order valence-corrected chi connectivity index (χ0v) is 13.6. The van der Waals surface area contributed by atoms with E-state index < -0.39 is 24.0 Å². The highest BCUT2D eigenvalue weighted by Crippen LogP contribution is 2.22. The molecule has 2 amide bonds. The molecule has 1 heterocycles. The molecular weight excluding hydrogens is 312 g/mol. The molecule has 1 unspecified atom stereocenters. The largest absolute Gasteiger partial charge is 0.459 e. The molecule has 2 rings (SSSR count). The molecule has 0 saturated carbocycles. The Morgan fingerprint density at radius 1 is 1.21 bits per heavy atom. The van der Waals surface area contributed by atoms with Crippen molar-refractivity contribution in [2.24, 2.45) is 5.92 Å². The second kappa shape index (κ2) is 8.90. The molecule has 2 N–H and O–H groups in total. The lowest BCUT2D eigenvalue weighted by Gasteiger charge is -2.34. The second-order valence-corrected chi connectivity index (χ2v) is 5.48. The van der Waals surface area contributed by atoms with Gasteiger partial charge in [0.2, 0.25) is 5.91 Å². The summed E-state index contributed by atoms with van der Waals surface area (Å²) in [5.74, 6) is -0.994. The van der Waals surface area contributed by atoms with Gasteiger partial charge in [-0.1, -0.05) is 30.3 Å². The molecule has 130 valence electrons. The first-order chi connectivity index (χ1) is 11.6. The van der Waals surface area contributed by atoms with Gasteiger partial charge >= 0.3 is 12.1 Å². The molecule has 7 nitrogen and oxygen atoms in total. The van der Waals surface area contributed by atoms with Gasteiger partial charge in [-0.25, -0.2) is 9.59 Å². The summed E-state index contributed by atoms with van der Waals surface area (Å²) in [7, 11) is 0. The molecule has 1 fully saturated rings. The number of β-lactam (4-membered cyclic amide) rings is 1. The van der Waals surface area contributed by atoms with Gasteiger partial charge in [0.25, 0.3) is 0 Å². The highest BCUT2D eigenvalue weighted by atomic mass is 16.5. The normalized spacial score (nSPS) is 19.0. The van der Waals surface area contributed by atoms with Crippen molar-refractivity contribution in [3.05, 3.63) is 35.9 Å². The number of amides is 2. The Labute approximate surface area is 140 Å². The molecule has 1 aliphatic rings. The van der Waals surface area contributed by atoms with E-state index in [2.05, 4.69) is 10.6 Å². The Hall–Kier alpha value is -2.57. The van der Waals surface area contributed by atoms with E-state index in [4.69, 9.17) is 9.47 Å². The zero-order valence-electron chi connectivity index (χ0n) is 13.6. The Bertz CT molecular complexity index is 576. The lowest BCUT2D eigenvalue weighted by molar-refractivity contribution is -0.159. The van der Waals surface area contributed by atoms with Crippen molar-refractivity contribution in [1.29, 1.82) is 0 Å². The lowest BCUT2D eigenvalue weighted by Crippen LogP contribution is -2.62. The summed E-state index contributed by atoms with van der Waals surface area (Å²) in [6, 6.07) is 8.75. The summed E-state index contributed by atoms with van der Waals surface area (Å²) >= 11 is 0. The number of benzene rings is 1. The predicted octanol–water partition coefficient (Wildman–Crippen LogP) is 1.37. The minimum absolute atomic E-state index is 0.159. The topological polar surface area (TPSA) is 93.7 Å². The van der Waals surface area contributed by atoms with Crippen LogP contribution in [0.3, 0.4) is 0 Å². The van der Waals surface area contributed by atoms with Crippen LogP contribution in [0.2, 0.25) is 0 Å². The average molecular weight is 334 g/mol. The van der Waals surface area contributed by atoms with Crippen LogP contribution in [-0.4, -0.2) is 37.2 Å². The fourth-order valence-electron chi connectivity index (χ4n) is 2.45. The van der Waals surface area contributed by atoms with E-state index in [1.165, 1.54) is 0 Å². The van der Waals surface area contributed by atoms with E-state index in [0.29, 0.717) is 26.0 Å². The molecular formula is C17H22N2O5. The van der Waals surface area contributed by atoms with Crippen LogP contribution in [-0.2, 0) is 25.7 Å². The fourth-order valence-corrected chi connectivity index (χ4v) is 2.45. The summed E-state index contributed by atoms with van der Waals surface area (Å²) < 4.78 is 9.98. The van der Waals surface area contributed by atoms with Gasteiger partial charge in [0, 0.05) is 6.54 Å². The Morgan fingerprint density at radius 3 is 2.62 bits per heavy atom. The molecule has 1 saturated heterocycles. The number of carbonyl (C=O) groups excluding carboxylic acids is 3. The first-order valence-corrected chi connectivity index (χ1v) is 8.03. The van der Waals surface area contributed by atoms with Crippen molar-refractivity contribution < 1.29 is 23.9 Å². The Morgan fingerprint density at radius 2 is 1.96 bits per heavy atom. The van der Waals surface area contributed by atoms with Crippen molar-refractivity contribution in [3.63, 3.8) is 0 Å². The molecule has 0 radical (unpaired) electrons. The number of ether oxygens (including phenoxy) is 2. The maximum atomic E-state index is 12.1. The van der Waals surface area contributed by atoms with E-state index in [-0.39, 0.29) is 12.5 Å². The number of rotatable bonds is 8. The van der Waals surface area contributed by atoms with Crippen LogP contribution < -0.4 is 10.6 Å². The van der Waals surface area contributed by atoms with Crippen LogP contribution in [0.15, 0.2) is 30.3 Å². The van der Waals surface area contributed by atoms with Gasteiger partial charge in [0.05, 0.1) is 12.5 Å². The standard InChI is InChI=1S/C17H22N2O5/c1-2-23-17(22)18-10-6-9-13-14(19-15(13)20)16(21)24-11-12-7-4-3-5-8-12/h3-5,7-8,13-14H,2,6,9-11H2,1H3,(H,18,22)(H,19,20)/t13-,14?/m1/s1. The SMILES string of the molecule is CCOC(=O)NCCC[C@H]1C(=O)NC1C(=O)OCc1ccccc1. The lowest BCUT2D eigenvalue weighted by atomic mass is 9.86. The number of hydrogen-bond donors (Lipinski definition) is 2. The minimum Gasteiger partial charge on any atom is -0.459 e. The maximum Gasteiger partial charge on any atom is 0.407 e. The quantitative estimate of drug-likeness (QED) is 0.425. The smallest absolute Gasteiger partial charge is 0.407 e. The van der Waals surface area contributed by atoms with Gasteiger partial charge in [-0.15, -0.1) is 0 Å².